The summed E-state index contributed by atoms with van der Waals surface area (Å²) in [6, 6.07) is 15.7. The molecule has 2 aromatic carbocycles. The van der Waals surface area contributed by atoms with Crippen LogP contribution in [0.5, 0.6) is 0 Å². The van der Waals surface area contributed by atoms with Crippen molar-refractivity contribution in [2.45, 2.75) is 6.92 Å². The highest BCUT2D eigenvalue weighted by molar-refractivity contribution is 6.29. The van der Waals surface area contributed by atoms with E-state index in [2.05, 4.69) is 11.4 Å². The average Bonchev–Trinajstić information content (AvgIpc) is 3.01. The predicted octanol–water partition coefficient (Wildman–Crippen LogP) is 4.64. The fraction of sp³-hybridized carbons (Fsp3) is 0.100. The molecule has 0 spiro atoms. The minimum absolute atomic E-state index is 0.237. The molecule has 0 radical (unpaired) electrons. The predicted molar refractivity (Wildman–Crippen MR) is 100.0 cm³/mol. The van der Waals surface area contributed by atoms with Crippen LogP contribution in [0.3, 0.4) is 0 Å². The monoisotopic (exact) mass is 367 g/mol. The van der Waals surface area contributed by atoms with Crippen molar-refractivity contribution in [3.8, 4) is 22.9 Å². The maximum atomic E-state index is 13.3. The Morgan fingerprint density at radius 1 is 1.19 bits per heavy atom. The summed E-state index contributed by atoms with van der Waals surface area (Å²) in [5.41, 5.74) is 3.54. The Bertz CT molecular complexity index is 986. The van der Waals surface area contributed by atoms with Crippen LogP contribution in [-0.4, -0.2) is 16.4 Å². The van der Waals surface area contributed by atoms with Crippen molar-refractivity contribution in [1.82, 2.24) is 4.57 Å². The fourth-order valence-electron chi connectivity index (χ4n) is 2.66. The summed E-state index contributed by atoms with van der Waals surface area (Å²) < 4.78 is 14.9. The first-order chi connectivity index (χ1) is 12.5. The second-order valence-electron chi connectivity index (χ2n) is 5.77. The van der Waals surface area contributed by atoms with Gasteiger partial charge in [-0.3, -0.25) is 4.79 Å². The number of nitriles is 1. The highest BCUT2D eigenvalue weighted by atomic mass is 35.5. The van der Waals surface area contributed by atoms with Crippen LogP contribution in [0.1, 0.15) is 11.1 Å². The minimum atomic E-state index is -0.430. The molecule has 0 saturated carbocycles. The number of nitrogens with zero attached hydrogens (tertiary/aromatic N) is 2. The molecule has 1 heterocycles. The van der Waals surface area contributed by atoms with E-state index in [4.69, 9.17) is 11.6 Å². The van der Waals surface area contributed by atoms with Gasteiger partial charge in [-0.05, 0) is 36.8 Å². The lowest BCUT2D eigenvalue weighted by Gasteiger charge is -2.10. The van der Waals surface area contributed by atoms with Crippen LogP contribution in [0, 0.1) is 24.1 Å². The Morgan fingerprint density at radius 3 is 2.42 bits per heavy atom. The number of nitrogens with one attached hydrogen (secondary N) is 1. The number of carbonyl (C=O) groups excluding carboxylic acids is 1. The molecule has 6 heteroatoms. The number of aromatic nitrogens is 1. The first-order valence-electron chi connectivity index (χ1n) is 7.87. The van der Waals surface area contributed by atoms with Gasteiger partial charge in [0.2, 0.25) is 5.91 Å². The van der Waals surface area contributed by atoms with Crippen LogP contribution in [0.4, 0.5) is 10.2 Å². The van der Waals surface area contributed by atoms with E-state index in [0.29, 0.717) is 22.6 Å². The lowest BCUT2D eigenvalue weighted by molar-refractivity contribution is -0.113. The first-order valence-corrected chi connectivity index (χ1v) is 8.41. The van der Waals surface area contributed by atoms with E-state index < -0.39 is 5.91 Å². The van der Waals surface area contributed by atoms with Crippen molar-refractivity contribution in [2.75, 3.05) is 11.2 Å². The van der Waals surface area contributed by atoms with E-state index in [-0.39, 0.29) is 11.7 Å². The zero-order valence-corrected chi connectivity index (χ0v) is 14.7. The Morgan fingerprint density at radius 2 is 1.85 bits per heavy atom. The van der Waals surface area contributed by atoms with Crippen molar-refractivity contribution in [2.24, 2.45) is 0 Å². The lowest BCUT2D eigenvalue weighted by Crippen LogP contribution is -2.16. The topological polar surface area (TPSA) is 57.8 Å². The van der Waals surface area contributed by atoms with Crippen LogP contribution >= 0.6 is 11.6 Å². The van der Waals surface area contributed by atoms with Gasteiger partial charge in [0.1, 0.15) is 29.1 Å². The van der Waals surface area contributed by atoms with E-state index >= 15 is 0 Å². The molecule has 1 N–H and O–H groups in total. The van der Waals surface area contributed by atoms with Gasteiger partial charge in [0.15, 0.2) is 0 Å². The number of hydrogen-bond acceptors (Lipinski definition) is 2. The van der Waals surface area contributed by atoms with Crippen LogP contribution in [-0.2, 0) is 4.79 Å². The van der Waals surface area contributed by atoms with Crippen LogP contribution in [0.15, 0.2) is 54.7 Å². The summed E-state index contributed by atoms with van der Waals surface area (Å²) in [5, 5.41) is 12.4. The van der Waals surface area contributed by atoms with Gasteiger partial charge in [-0.15, -0.1) is 11.6 Å². The molecule has 4 nitrogen and oxygen atoms in total. The molecule has 0 unspecified atom stereocenters. The maximum Gasteiger partial charge on any atom is 0.240 e. The molecular formula is C20H15ClFN3O. The minimum Gasteiger partial charge on any atom is -0.310 e. The average molecular weight is 368 g/mol. The van der Waals surface area contributed by atoms with Crippen molar-refractivity contribution in [3.63, 3.8) is 0 Å². The quantitative estimate of drug-likeness (QED) is 0.683. The number of aryl methyl sites for hydroxylation is 1. The molecule has 0 bridgehead atoms. The van der Waals surface area contributed by atoms with E-state index in [1.807, 2.05) is 31.2 Å². The Kier molecular flexibility index (Phi) is 5.06. The number of carbonyl (C=O) groups is 1. The Balaban J connectivity index is 2.21. The van der Waals surface area contributed by atoms with Gasteiger partial charge < -0.3 is 9.88 Å². The smallest absolute Gasteiger partial charge is 0.240 e. The Labute approximate surface area is 155 Å². The molecule has 0 atom stereocenters. The number of anilines is 1. The molecular weight excluding hydrogens is 353 g/mol. The van der Waals surface area contributed by atoms with Gasteiger partial charge in [0, 0.05) is 17.4 Å². The standard InChI is InChI=1S/C20H15ClFN3O/c1-13-2-4-14(5-3-13)18-12-25(16-8-6-15(22)7-9-16)20(17(18)11-23)24-19(26)10-21/h2-9,12H,10H2,1H3,(H,24,26). The molecule has 1 aromatic heterocycles. The van der Waals surface area contributed by atoms with Gasteiger partial charge in [-0.25, -0.2) is 4.39 Å². The van der Waals surface area contributed by atoms with Crippen molar-refractivity contribution in [1.29, 1.82) is 5.26 Å². The van der Waals surface area contributed by atoms with Crippen molar-refractivity contribution >= 4 is 23.3 Å². The fourth-order valence-corrected chi connectivity index (χ4v) is 2.73. The van der Waals surface area contributed by atoms with Gasteiger partial charge in [-0.2, -0.15) is 5.26 Å². The third-order valence-electron chi connectivity index (χ3n) is 3.96. The molecule has 0 fully saturated rings. The highest BCUT2D eigenvalue weighted by Crippen LogP contribution is 2.33. The molecule has 26 heavy (non-hydrogen) atoms. The third-order valence-corrected chi connectivity index (χ3v) is 4.21. The van der Waals surface area contributed by atoms with Gasteiger partial charge in [0.25, 0.3) is 0 Å². The maximum absolute atomic E-state index is 13.3. The summed E-state index contributed by atoms with van der Waals surface area (Å²) in [5.74, 6) is -0.730. The lowest BCUT2D eigenvalue weighted by atomic mass is 10.0. The summed E-state index contributed by atoms with van der Waals surface area (Å²) >= 11 is 5.60. The molecule has 130 valence electrons. The number of benzene rings is 2. The molecule has 3 aromatic rings. The molecule has 0 aliphatic rings. The van der Waals surface area contributed by atoms with E-state index in [0.717, 1.165) is 11.1 Å². The second kappa shape index (κ2) is 7.42. The van der Waals surface area contributed by atoms with Crippen molar-refractivity contribution in [3.05, 3.63) is 71.7 Å². The SMILES string of the molecule is Cc1ccc(-c2cn(-c3ccc(F)cc3)c(NC(=O)CCl)c2C#N)cc1. The largest absolute Gasteiger partial charge is 0.310 e. The molecule has 1 amide bonds. The van der Waals surface area contributed by atoms with Gasteiger partial charge >= 0.3 is 0 Å². The molecule has 3 rings (SSSR count). The summed E-state index contributed by atoms with van der Waals surface area (Å²) in [4.78, 5) is 11.9. The molecule has 0 aliphatic heterocycles. The second-order valence-corrected chi connectivity index (χ2v) is 6.04. The number of alkyl halides is 1. The van der Waals surface area contributed by atoms with Gasteiger partial charge in [0.05, 0.1) is 0 Å². The summed E-state index contributed by atoms with van der Waals surface area (Å²) in [6.07, 6.45) is 1.75. The molecule has 0 saturated heterocycles. The van der Waals surface area contributed by atoms with Crippen LogP contribution in [0.2, 0.25) is 0 Å². The summed E-state index contributed by atoms with van der Waals surface area (Å²) in [7, 11) is 0. The number of hydrogen-bond donors (Lipinski definition) is 1. The zero-order valence-electron chi connectivity index (χ0n) is 14.0. The highest BCUT2D eigenvalue weighted by Gasteiger charge is 2.20. The van der Waals surface area contributed by atoms with Crippen molar-refractivity contribution < 1.29 is 9.18 Å². The first kappa shape index (κ1) is 17.7. The number of halogens is 2. The van der Waals surface area contributed by atoms with E-state index in [9.17, 15) is 14.4 Å². The summed E-state index contributed by atoms with van der Waals surface area (Å²) in [6.45, 7) is 1.98. The molecule has 0 aliphatic carbocycles. The van der Waals surface area contributed by atoms with E-state index in [1.165, 1.54) is 12.1 Å². The normalized spacial score (nSPS) is 10.4. The zero-order chi connectivity index (χ0) is 18.7. The van der Waals surface area contributed by atoms with Gasteiger partial charge in [-0.1, -0.05) is 29.8 Å². The van der Waals surface area contributed by atoms with Crippen LogP contribution < -0.4 is 5.32 Å². The number of rotatable bonds is 4. The number of amides is 1. The van der Waals surface area contributed by atoms with Crippen LogP contribution in [0.25, 0.3) is 16.8 Å². The third kappa shape index (κ3) is 3.46. The van der Waals surface area contributed by atoms with E-state index in [1.54, 1.807) is 22.9 Å². The Hall–Kier alpha value is -3.10.